The minimum atomic E-state index is -0.0904. The van der Waals surface area contributed by atoms with Gasteiger partial charge in [-0.3, -0.25) is 0 Å². The predicted octanol–water partition coefficient (Wildman–Crippen LogP) is -1.55. The number of nitrogens with zero attached hydrogens (tertiary/aromatic N) is 1. The van der Waals surface area contributed by atoms with Crippen molar-refractivity contribution in [2.75, 3.05) is 0 Å². The van der Waals surface area contributed by atoms with Gasteiger partial charge in [0.1, 0.15) is 6.23 Å². The van der Waals surface area contributed by atoms with Gasteiger partial charge in [0.15, 0.2) is 0 Å². The second kappa shape index (κ2) is 3.51. The van der Waals surface area contributed by atoms with Crippen molar-refractivity contribution >= 4 is 0 Å². The fraction of sp³-hybridized carbons (Fsp3) is 0.857. The topological polar surface area (TPSA) is 35.5 Å². The van der Waals surface area contributed by atoms with Crippen molar-refractivity contribution in [2.45, 2.75) is 57.9 Å². The first kappa shape index (κ1) is 12.9. The van der Waals surface area contributed by atoms with Gasteiger partial charge in [-0.05, 0) is 42.9 Å². The Morgan fingerprint density at radius 2 is 2.06 bits per heavy atom. The fourth-order valence-electron chi connectivity index (χ4n) is 4.99. The summed E-state index contributed by atoms with van der Waals surface area (Å²) in [6.07, 6.45) is 5.03. The van der Waals surface area contributed by atoms with E-state index in [2.05, 4.69) is 20.8 Å². The Balaban J connectivity index is 0.000001000. The van der Waals surface area contributed by atoms with Gasteiger partial charge < -0.3 is 14.7 Å². The van der Waals surface area contributed by atoms with Crippen LogP contribution in [0.25, 0.3) is 0 Å². The van der Waals surface area contributed by atoms with E-state index in [1.807, 2.05) is 4.90 Å². The summed E-state index contributed by atoms with van der Waals surface area (Å²) in [5.74, 6) is 1.60. The second-order valence-corrected chi connectivity index (χ2v) is 7.00. The average molecular weight is 241 g/mol. The summed E-state index contributed by atoms with van der Waals surface area (Å²) < 4.78 is 6.31. The molecule has 3 saturated carbocycles. The van der Waals surface area contributed by atoms with Crippen LogP contribution in [0.5, 0.6) is 0 Å². The zero-order chi connectivity index (χ0) is 12.0. The van der Waals surface area contributed by atoms with Gasteiger partial charge in [-0.1, -0.05) is 19.9 Å². The van der Waals surface area contributed by atoms with Gasteiger partial charge in [0.2, 0.25) is 0 Å². The molecule has 2 heterocycles. The summed E-state index contributed by atoms with van der Waals surface area (Å²) in [7, 11) is 0. The van der Waals surface area contributed by atoms with Crippen LogP contribution in [0.3, 0.4) is 0 Å². The molecule has 2 bridgehead atoms. The zero-order valence-electron chi connectivity index (χ0n) is 11.8. The molecule has 1 saturated heterocycles. The molecule has 0 amide bonds. The van der Waals surface area contributed by atoms with E-state index in [1.165, 1.54) is 6.42 Å². The standard InChI is InChI=1S/C14H21NO2.Li/c1-13(2)8-6-9(13)14(3)10(7-8)15-11(16)4-5-12(15)17-14;/h4,8-10,12,16H,5-7H2,1-3H3;/q;+1/p-1/t8-,9-,10+,12-,14-;/m1./s1. The van der Waals surface area contributed by atoms with Crippen molar-refractivity contribution in [3.8, 4) is 0 Å². The molecule has 94 valence electrons. The Morgan fingerprint density at radius 3 is 2.72 bits per heavy atom. The SMILES string of the molecule is CC1(C)[C@H]2C[C@@H]3N4C([O-])=CC[C@H]4O[C@]3(C)[C@@H]1C2.[Li+]. The van der Waals surface area contributed by atoms with Crippen molar-refractivity contribution in [3.63, 3.8) is 0 Å². The average Bonchev–Trinajstić information content (AvgIpc) is 2.74. The number of hydrogen-bond donors (Lipinski definition) is 0. The quantitative estimate of drug-likeness (QED) is 0.482. The number of fused-ring (bicyclic) bond motifs is 1. The van der Waals surface area contributed by atoms with Crippen molar-refractivity contribution in [3.05, 3.63) is 12.0 Å². The minimum absolute atomic E-state index is 0. The van der Waals surface area contributed by atoms with Crippen molar-refractivity contribution in [1.29, 1.82) is 0 Å². The van der Waals surface area contributed by atoms with Crippen LogP contribution >= 0.6 is 0 Å². The van der Waals surface area contributed by atoms with Gasteiger partial charge in [0, 0.05) is 6.42 Å². The summed E-state index contributed by atoms with van der Waals surface area (Å²) in [5.41, 5.74) is 0.310. The van der Waals surface area contributed by atoms with Crippen LogP contribution in [-0.4, -0.2) is 22.8 Å². The maximum atomic E-state index is 11.9. The molecule has 2 aliphatic heterocycles. The van der Waals surface area contributed by atoms with E-state index in [1.54, 1.807) is 6.08 Å². The Morgan fingerprint density at radius 1 is 1.33 bits per heavy atom. The first-order valence-corrected chi connectivity index (χ1v) is 6.78. The van der Waals surface area contributed by atoms with Gasteiger partial charge in [0.05, 0.1) is 11.6 Å². The maximum absolute atomic E-state index is 11.9. The van der Waals surface area contributed by atoms with E-state index in [0.29, 0.717) is 17.4 Å². The summed E-state index contributed by atoms with van der Waals surface area (Å²) in [6.45, 7) is 6.98. The number of rotatable bonds is 0. The molecule has 0 radical (unpaired) electrons. The Hall–Kier alpha value is -0.103. The number of hydrogen-bond acceptors (Lipinski definition) is 3. The van der Waals surface area contributed by atoms with Crippen molar-refractivity contribution in [2.24, 2.45) is 17.3 Å². The van der Waals surface area contributed by atoms with Crippen LogP contribution in [0.1, 0.15) is 40.0 Å². The molecule has 5 rings (SSSR count). The molecule has 0 spiro atoms. The van der Waals surface area contributed by atoms with E-state index in [4.69, 9.17) is 4.74 Å². The van der Waals surface area contributed by atoms with E-state index >= 15 is 0 Å². The molecule has 0 unspecified atom stereocenters. The van der Waals surface area contributed by atoms with Gasteiger partial charge in [0.25, 0.3) is 0 Å². The van der Waals surface area contributed by atoms with Crippen LogP contribution in [0.2, 0.25) is 0 Å². The second-order valence-electron chi connectivity index (χ2n) is 7.00. The first-order valence-electron chi connectivity index (χ1n) is 6.78. The third-order valence-electron chi connectivity index (χ3n) is 6.12. The maximum Gasteiger partial charge on any atom is 1.00 e. The van der Waals surface area contributed by atoms with Crippen LogP contribution in [-0.2, 0) is 4.74 Å². The summed E-state index contributed by atoms with van der Waals surface area (Å²) in [4.78, 5) is 2.02. The van der Waals surface area contributed by atoms with Crippen molar-refractivity contribution < 1.29 is 28.7 Å². The number of ether oxygens (including phenoxy) is 1. The minimum Gasteiger partial charge on any atom is -0.860 e. The van der Waals surface area contributed by atoms with Crippen LogP contribution in [0.15, 0.2) is 12.0 Å². The Bertz CT molecular complexity index is 422. The molecule has 0 aromatic rings. The van der Waals surface area contributed by atoms with Gasteiger partial charge in [-0.25, -0.2) is 0 Å². The molecule has 3 nitrogen and oxygen atoms in total. The van der Waals surface area contributed by atoms with E-state index in [9.17, 15) is 5.11 Å². The van der Waals surface area contributed by atoms with E-state index < -0.39 is 0 Å². The third kappa shape index (κ3) is 1.21. The van der Waals surface area contributed by atoms with E-state index in [-0.39, 0.29) is 36.6 Å². The molecule has 4 fully saturated rings. The molecule has 18 heavy (non-hydrogen) atoms. The molecule has 3 aliphatic carbocycles. The molecule has 0 aromatic heterocycles. The molecular formula is C14H20LiNO2. The molecule has 0 N–H and O–H groups in total. The van der Waals surface area contributed by atoms with Crippen LogP contribution < -0.4 is 24.0 Å². The largest absolute Gasteiger partial charge is 1.00 e. The molecule has 5 atom stereocenters. The summed E-state index contributed by atoms with van der Waals surface area (Å²) in [5, 5.41) is 11.9. The van der Waals surface area contributed by atoms with Crippen molar-refractivity contribution in [1.82, 2.24) is 4.90 Å². The fourth-order valence-corrected chi connectivity index (χ4v) is 4.99. The van der Waals surface area contributed by atoms with Crippen LogP contribution in [0, 0.1) is 17.3 Å². The Kier molecular flexibility index (Phi) is 2.51. The summed E-state index contributed by atoms with van der Waals surface area (Å²) >= 11 is 0. The Labute approximate surface area is 121 Å². The van der Waals surface area contributed by atoms with Gasteiger partial charge in [-0.15, -0.1) is 0 Å². The molecular weight excluding hydrogens is 221 g/mol. The smallest absolute Gasteiger partial charge is 0.860 e. The van der Waals surface area contributed by atoms with Gasteiger partial charge >= 0.3 is 18.9 Å². The predicted molar refractivity (Wildman–Crippen MR) is 61.6 cm³/mol. The molecule has 4 heteroatoms. The first-order chi connectivity index (χ1) is 7.94. The monoisotopic (exact) mass is 241 g/mol. The zero-order valence-corrected chi connectivity index (χ0v) is 11.8. The van der Waals surface area contributed by atoms with E-state index in [0.717, 1.165) is 18.8 Å². The third-order valence-corrected chi connectivity index (χ3v) is 6.12. The molecule has 5 aliphatic rings. The van der Waals surface area contributed by atoms with Gasteiger partial charge in [-0.2, -0.15) is 0 Å². The molecule has 0 aromatic carbocycles. The normalized spacial score (nSPS) is 50.8. The summed E-state index contributed by atoms with van der Waals surface area (Å²) in [6, 6.07) is 0.329. The van der Waals surface area contributed by atoms with Crippen LogP contribution in [0.4, 0.5) is 0 Å².